The van der Waals surface area contributed by atoms with Crippen LogP contribution in [0.2, 0.25) is 0 Å². The molecule has 0 aliphatic rings. The highest BCUT2D eigenvalue weighted by atomic mass is 16.4. The molecule has 23 heavy (non-hydrogen) atoms. The number of carbonyl (C=O) groups is 2. The monoisotopic (exact) mass is 322 g/mol. The number of phenolic OH excluding ortho intramolecular Hbond substituents is 1. The Morgan fingerprint density at radius 1 is 0.957 bits per heavy atom. The Hall–Kier alpha value is -2.04. The highest BCUT2D eigenvalue weighted by Crippen LogP contribution is 2.28. The van der Waals surface area contributed by atoms with E-state index in [0.29, 0.717) is 37.0 Å². The Kier molecular flexibility index (Phi) is 8.16. The molecule has 0 heterocycles. The van der Waals surface area contributed by atoms with Crippen LogP contribution in [0.25, 0.3) is 0 Å². The van der Waals surface area contributed by atoms with E-state index in [2.05, 4.69) is 6.92 Å². The summed E-state index contributed by atoms with van der Waals surface area (Å²) in [4.78, 5) is 22.8. The highest BCUT2D eigenvalue weighted by Gasteiger charge is 2.16. The molecule has 0 aliphatic heterocycles. The molecule has 0 atom stereocenters. The third-order valence-electron chi connectivity index (χ3n) is 3.86. The fourth-order valence-electron chi connectivity index (χ4n) is 2.62. The summed E-state index contributed by atoms with van der Waals surface area (Å²) < 4.78 is 0. The van der Waals surface area contributed by atoms with Crippen molar-refractivity contribution in [2.75, 3.05) is 0 Å². The minimum atomic E-state index is -1.20. The number of carboxylic acids is 1. The van der Waals surface area contributed by atoms with Gasteiger partial charge in [-0.05, 0) is 37.3 Å². The number of carboxylic acid groups (broad SMARTS) is 1. The SMILES string of the molecule is CCCCCC(=O)CCCCCc1cc(O)cc(O)c1C(=O)O. The average molecular weight is 322 g/mol. The van der Waals surface area contributed by atoms with Crippen LogP contribution < -0.4 is 0 Å². The first-order valence-corrected chi connectivity index (χ1v) is 8.25. The molecular weight excluding hydrogens is 296 g/mol. The number of phenols is 2. The summed E-state index contributed by atoms with van der Waals surface area (Å²) >= 11 is 0. The van der Waals surface area contributed by atoms with Crippen LogP contribution >= 0.6 is 0 Å². The standard InChI is InChI=1S/C18H26O5/c1-2-3-5-9-14(19)10-7-4-6-8-13-11-15(20)12-16(21)17(13)18(22)23/h11-12,20-21H,2-10H2,1H3,(H,22,23). The van der Waals surface area contributed by atoms with Gasteiger partial charge in [-0.2, -0.15) is 0 Å². The summed E-state index contributed by atoms with van der Waals surface area (Å²) in [6.07, 6.45) is 7.14. The van der Waals surface area contributed by atoms with Gasteiger partial charge in [0.2, 0.25) is 0 Å². The van der Waals surface area contributed by atoms with E-state index in [1.807, 2.05) is 0 Å². The zero-order valence-corrected chi connectivity index (χ0v) is 13.7. The van der Waals surface area contributed by atoms with Crippen LogP contribution in [-0.2, 0) is 11.2 Å². The molecule has 0 aromatic heterocycles. The first-order chi connectivity index (χ1) is 11.0. The third kappa shape index (κ3) is 6.72. The molecule has 1 aromatic rings. The number of benzene rings is 1. The number of unbranched alkanes of at least 4 members (excludes halogenated alkanes) is 4. The molecule has 0 saturated carbocycles. The van der Waals surface area contributed by atoms with Crippen molar-refractivity contribution in [1.29, 1.82) is 0 Å². The van der Waals surface area contributed by atoms with Crippen LogP contribution in [-0.4, -0.2) is 27.1 Å². The molecule has 1 aromatic carbocycles. The van der Waals surface area contributed by atoms with E-state index in [9.17, 15) is 19.8 Å². The number of ketones is 1. The quantitative estimate of drug-likeness (QED) is 0.534. The van der Waals surface area contributed by atoms with Gasteiger partial charge in [-0.15, -0.1) is 0 Å². The minimum absolute atomic E-state index is 0.145. The number of aromatic carboxylic acids is 1. The summed E-state index contributed by atoms with van der Waals surface area (Å²) in [5.74, 6) is -1.48. The molecule has 0 saturated heterocycles. The number of aromatic hydroxyl groups is 2. The van der Waals surface area contributed by atoms with Gasteiger partial charge in [0, 0.05) is 18.9 Å². The van der Waals surface area contributed by atoms with Crippen molar-refractivity contribution in [3.05, 3.63) is 23.3 Å². The van der Waals surface area contributed by atoms with Gasteiger partial charge in [-0.1, -0.05) is 26.2 Å². The van der Waals surface area contributed by atoms with Crippen LogP contribution in [0.4, 0.5) is 0 Å². The topological polar surface area (TPSA) is 94.8 Å². The highest BCUT2D eigenvalue weighted by molar-refractivity contribution is 5.92. The maximum absolute atomic E-state index is 11.6. The van der Waals surface area contributed by atoms with Crippen molar-refractivity contribution in [2.45, 2.75) is 64.7 Å². The second-order valence-corrected chi connectivity index (χ2v) is 5.86. The molecule has 0 amide bonds. The summed E-state index contributed by atoms with van der Waals surface area (Å²) in [5, 5.41) is 28.2. The van der Waals surface area contributed by atoms with E-state index >= 15 is 0 Å². The smallest absolute Gasteiger partial charge is 0.339 e. The van der Waals surface area contributed by atoms with Crippen molar-refractivity contribution < 1.29 is 24.9 Å². The molecule has 0 aliphatic carbocycles. The lowest BCUT2D eigenvalue weighted by Crippen LogP contribution is -2.03. The lowest BCUT2D eigenvalue weighted by atomic mass is 9.98. The van der Waals surface area contributed by atoms with Gasteiger partial charge >= 0.3 is 5.97 Å². The number of carbonyl (C=O) groups excluding carboxylic acids is 1. The first kappa shape index (κ1) is 19.0. The summed E-state index contributed by atoms with van der Waals surface area (Å²) in [5.41, 5.74) is 0.266. The fourth-order valence-corrected chi connectivity index (χ4v) is 2.62. The van der Waals surface area contributed by atoms with Gasteiger partial charge in [-0.3, -0.25) is 4.79 Å². The van der Waals surface area contributed by atoms with Gasteiger partial charge in [-0.25, -0.2) is 4.79 Å². The van der Waals surface area contributed by atoms with Crippen LogP contribution in [0.3, 0.4) is 0 Å². The maximum Gasteiger partial charge on any atom is 0.339 e. The molecule has 5 heteroatoms. The molecule has 1 rings (SSSR count). The number of hydrogen-bond acceptors (Lipinski definition) is 4. The Morgan fingerprint density at radius 2 is 1.61 bits per heavy atom. The first-order valence-electron chi connectivity index (χ1n) is 8.25. The van der Waals surface area contributed by atoms with E-state index in [-0.39, 0.29) is 11.3 Å². The van der Waals surface area contributed by atoms with E-state index in [1.165, 1.54) is 6.07 Å². The van der Waals surface area contributed by atoms with Gasteiger partial charge in [0.05, 0.1) is 0 Å². The van der Waals surface area contributed by atoms with E-state index in [4.69, 9.17) is 5.11 Å². The lowest BCUT2D eigenvalue weighted by Gasteiger charge is -2.09. The van der Waals surface area contributed by atoms with Crippen LogP contribution in [0.1, 0.15) is 74.2 Å². The van der Waals surface area contributed by atoms with E-state index in [0.717, 1.165) is 38.2 Å². The van der Waals surface area contributed by atoms with Crippen LogP contribution in [0.5, 0.6) is 11.5 Å². The molecule has 128 valence electrons. The summed E-state index contributed by atoms with van der Waals surface area (Å²) in [6, 6.07) is 2.40. The van der Waals surface area contributed by atoms with Crippen LogP contribution in [0.15, 0.2) is 12.1 Å². The van der Waals surface area contributed by atoms with Crippen molar-refractivity contribution in [2.24, 2.45) is 0 Å². The second-order valence-electron chi connectivity index (χ2n) is 5.86. The van der Waals surface area contributed by atoms with Crippen LogP contribution in [0, 0.1) is 0 Å². The molecule has 0 spiro atoms. The van der Waals surface area contributed by atoms with Crippen molar-refractivity contribution >= 4 is 11.8 Å². The minimum Gasteiger partial charge on any atom is -0.508 e. The predicted molar refractivity (Wildman–Crippen MR) is 88.1 cm³/mol. The van der Waals surface area contributed by atoms with Gasteiger partial charge in [0.15, 0.2) is 0 Å². The molecule has 3 N–H and O–H groups in total. The Balaban J connectivity index is 2.39. The van der Waals surface area contributed by atoms with E-state index < -0.39 is 11.7 Å². The van der Waals surface area contributed by atoms with Gasteiger partial charge in [0.1, 0.15) is 22.8 Å². The van der Waals surface area contributed by atoms with Crippen molar-refractivity contribution in [3.8, 4) is 11.5 Å². The Bertz CT molecular complexity index is 536. The maximum atomic E-state index is 11.6. The summed E-state index contributed by atoms with van der Waals surface area (Å²) in [7, 11) is 0. The normalized spacial score (nSPS) is 10.7. The summed E-state index contributed by atoms with van der Waals surface area (Å²) in [6.45, 7) is 2.11. The molecule has 0 radical (unpaired) electrons. The van der Waals surface area contributed by atoms with Gasteiger partial charge < -0.3 is 15.3 Å². The zero-order valence-electron chi connectivity index (χ0n) is 13.7. The molecular formula is C18H26O5. The zero-order chi connectivity index (χ0) is 17.2. The van der Waals surface area contributed by atoms with Crippen molar-refractivity contribution in [1.82, 2.24) is 0 Å². The fraction of sp³-hybridized carbons (Fsp3) is 0.556. The third-order valence-corrected chi connectivity index (χ3v) is 3.86. The van der Waals surface area contributed by atoms with Gasteiger partial charge in [0.25, 0.3) is 0 Å². The largest absolute Gasteiger partial charge is 0.508 e. The molecule has 0 fully saturated rings. The lowest BCUT2D eigenvalue weighted by molar-refractivity contribution is -0.119. The number of Topliss-reactive ketones (excluding diaryl/α,β-unsaturated/α-hetero) is 1. The number of rotatable bonds is 11. The molecule has 0 unspecified atom stereocenters. The van der Waals surface area contributed by atoms with Crippen molar-refractivity contribution in [3.63, 3.8) is 0 Å². The van der Waals surface area contributed by atoms with E-state index in [1.54, 1.807) is 0 Å². The predicted octanol–water partition coefficient (Wildman–Crippen LogP) is 4.05. The number of aryl methyl sites for hydroxylation is 1. The number of hydrogen-bond donors (Lipinski definition) is 3. The Labute approximate surface area is 137 Å². The Morgan fingerprint density at radius 3 is 2.22 bits per heavy atom. The molecule has 0 bridgehead atoms. The average Bonchev–Trinajstić information content (AvgIpc) is 2.46. The molecule has 5 nitrogen and oxygen atoms in total. The second kappa shape index (κ2) is 9.87.